The predicted octanol–water partition coefficient (Wildman–Crippen LogP) is 7.79. The number of aromatic nitrogens is 8. The van der Waals surface area contributed by atoms with Crippen LogP contribution in [0.5, 0.6) is 11.6 Å². The number of aryl methyl sites for hydroxylation is 2. The number of hydrogen-bond acceptors (Lipinski definition) is 7. The molecular weight excluding hydrogens is 560 g/mol. The van der Waals surface area contributed by atoms with Crippen molar-refractivity contribution in [1.82, 2.24) is 39.1 Å². The van der Waals surface area contributed by atoms with Gasteiger partial charge in [-0.1, -0.05) is 42.0 Å². The highest BCUT2D eigenvalue weighted by molar-refractivity contribution is 6.12. The molecule has 0 spiro atoms. The highest BCUT2D eigenvalue weighted by atomic mass is 16.5. The Balaban J connectivity index is 1.23. The van der Waals surface area contributed by atoms with Crippen LogP contribution in [0.2, 0.25) is 0 Å². The van der Waals surface area contributed by atoms with Gasteiger partial charge in [0.1, 0.15) is 11.6 Å². The van der Waals surface area contributed by atoms with Gasteiger partial charge in [-0.2, -0.15) is 0 Å². The summed E-state index contributed by atoms with van der Waals surface area (Å²) in [6.07, 6.45) is 8.96. The van der Waals surface area contributed by atoms with Crippen LogP contribution >= 0.6 is 0 Å². The van der Waals surface area contributed by atoms with Crippen molar-refractivity contribution in [3.8, 4) is 28.8 Å². The molecule has 7 heterocycles. The second-order valence-corrected chi connectivity index (χ2v) is 11.1. The van der Waals surface area contributed by atoms with Crippen molar-refractivity contribution in [2.75, 3.05) is 0 Å². The molecule has 0 radical (unpaired) electrons. The first-order valence-corrected chi connectivity index (χ1v) is 14.6. The molecule has 0 saturated heterocycles. The average molecular weight is 585 g/mol. The molecule has 45 heavy (non-hydrogen) atoms. The van der Waals surface area contributed by atoms with Crippen LogP contribution in [-0.2, 0) is 0 Å². The SMILES string of the molecule is Cc1ccc2c(c1)c1cnc(Oc3cnc4c5ccncc5n(-c5ccccn5)c4c3)cc1c1nnc(-c3ccccc3C)n21. The van der Waals surface area contributed by atoms with Gasteiger partial charge in [0.15, 0.2) is 11.5 Å². The molecule has 9 heteroatoms. The van der Waals surface area contributed by atoms with Crippen LogP contribution in [0, 0.1) is 13.8 Å². The Morgan fingerprint density at radius 2 is 1.56 bits per heavy atom. The van der Waals surface area contributed by atoms with E-state index < -0.39 is 0 Å². The number of ether oxygens (including phenoxy) is 1. The second-order valence-electron chi connectivity index (χ2n) is 11.1. The van der Waals surface area contributed by atoms with E-state index in [0.717, 1.165) is 77.6 Å². The molecule has 2 aromatic carbocycles. The van der Waals surface area contributed by atoms with Gasteiger partial charge >= 0.3 is 0 Å². The van der Waals surface area contributed by atoms with E-state index in [9.17, 15) is 0 Å². The zero-order valence-electron chi connectivity index (χ0n) is 24.4. The summed E-state index contributed by atoms with van der Waals surface area (Å²) in [5.41, 5.74) is 7.71. The fourth-order valence-electron chi connectivity index (χ4n) is 6.25. The Morgan fingerprint density at radius 3 is 2.44 bits per heavy atom. The first kappa shape index (κ1) is 25.3. The molecule has 0 bridgehead atoms. The van der Waals surface area contributed by atoms with E-state index in [-0.39, 0.29) is 0 Å². The van der Waals surface area contributed by atoms with Crippen LogP contribution in [0.3, 0.4) is 0 Å². The van der Waals surface area contributed by atoms with Crippen LogP contribution in [-0.4, -0.2) is 39.1 Å². The van der Waals surface area contributed by atoms with Gasteiger partial charge in [-0.05, 0) is 49.7 Å². The monoisotopic (exact) mass is 584 g/mol. The molecule has 9 rings (SSSR count). The van der Waals surface area contributed by atoms with Crippen molar-refractivity contribution in [3.05, 3.63) is 121 Å². The van der Waals surface area contributed by atoms with E-state index in [1.54, 1.807) is 18.6 Å². The Hall–Kier alpha value is -6.22. The lowest BCUT2D eigenvalue weighted by Crippen LogP contribution is -1.98. The number of benzene rings is 2. The Morgan fingerprint density at radius 1 is 0.644 bits per heavy atom. The third kappa shape index (κ3) is 3.87. The van der Waals surface area contributed by atoms with Crippen molar-refractivity contribution in [1.29, 1.82) is 0 Å². The number of fused-ring (bicyclic) bond motifs is 9. The smallest absolute Gasteiger partial charge is 0.220 e. The number of hydrogen-bond donors (Lipinski definition) is 0. The fourth-order valence-corrected chi connectivity index (χ4v) is 6.25. The van der Waals surface area contributed by atoms with E-state index >= 15 is 0 Å². The highest BCUT2D eigenvalue weighted by Gasteiger charge is 2.19. The summed E-state index contributed by atoms with van der Waals surface area (Å²) in [6.45, 7) is 4.19. The summed E-state index contributed by atoms with van der Waals surface area (Å²) in [6, 6.07) is 26.4. The zero-order chi connectivity index (χ0) is 30.1. The molecule has 0 aliphatic rings. The quantitative estimate of drug-likeness (QED) is 0.195. The summed E-state index contributed by atoms with van der Waals surface area (Å²) in [4.78, 5) is 18.5. The molecule has 214 valence electrons. The van der Waals surface area contributed by atoms with Crippen LogP contribution < -0.4 is 4.74 Å². The maximum Gasteiger partial charge on any atom is 0.220 e. The first-order valence-electron chi connectivity index (χ1n) is 14.6. The molecule has 0 N–H and O–H groups in total. The standard InChI is InChI=1S/C36H24N8O/c1-21-10-11-29-26(15-21)28-19-39-33(17-27(28)36-42-41-35(44(29)36)24-8-4-3-7-22(24)2)45-23-16-30-34(40-18-23)25-12-14-37-20-31(25)43(30)32-9-5-6-13-38-32/h3-20H,1-2H3. The number of nitrogens with zero attached hydrogens (tertiary/aromatic N) is 8. The summed E-state index contributed by atoms with van der Waals surface area (Å²) in [7, 11) is 0. The molecule has 0 saturated carbocycles. The average Bonchev–Trinajstić information content (AvgIpc) is 3.65. The molecular formula is C36H24N8O. The van der Waals surface area contributed by atoms with Crippen LogP contribution in [0.4, 0.5) is 0 Å². The molecule has 9 aromatic rings. The first-order chi connectivity index (χ1) is 22.1. The number of rotatable bonds is 4. The third-order valence-corrected chi connectivity index (χ3v) is 8.33. The van der Waals surface area contributed by atoms with Crippen LogP contribution in [0.25, 0.3) is 66.5 Å². The Labute approximate surface area is 256 Å². The molecule has 0 amide bonds. The van der Waals surface area contributed by atoms with Gasteiger partial charge < -0.3 is 4.74 Å². The lowest BCUT2D eigenvalue weighted by molar-refractivity contribution is 0.463. The summed E-state index contributed by atoms with van der Waals surface area (Å²) < 4.78 is 10.6. The van der Waals surface area contributed by atoms with Crippen LogP contribution in [0.1, 0.15) is 11.1 Å². The summed E-state index contributed by atoms with van der Waals surface area (Å²) in [5.74, 6) is 2.55. The topological polar surface area (TPSA) is 95.9 Å². The Bertz CT molecular complexity index is 2610. The molecule has 9 nitrogen and oxygen atoms in total. The summed E-state index contributed by atoms with van der Waals surface area (Å²) >= 11 is 0. The van der Waals surface area contributed by atoms with Gasteiger partial charge in [-0.25, -0.2) is 9.97 Å². The maximum absolute atomic E-state index is 6.40. The molecule has 0 aliphatic heterocycles. The van der Waals surface area contributed by atoms with E-state index in [2.05, 4.69) is 63.6 Å². The van der Waals surface area contributed by atoms with Crippen molar-refractivity contribution in [3.63, 3.8) is 0 Å². The largest absolute Gasteiger partial charge is 0.437 e. The highest BCUT2D eigenvalue weighted by Crippen LogP contribution is 2.36. The van der Waals surface area contributed by atoms with Gasteiger partial charge in [-0.15, -0.1) is 10.2 Å². The minimum atomic E-state index is 0.431. The van der Waals surface area contributed by atoms with E-state index in [4.69, 9.17) is 19.8 Å². The van der Waals surface area contributed by atoms with Crippen molar-refractivity contribution in [2.24, 2.45) is 0 Å². The van der Waals surface area contributed by atoms with Crippen molar-refractivity contribution < 1.29 is 4.74 Å². The minimum Gasteiger partial charge on any atom is -0.437 e. The molecule has 0 unspecified atom stereocenters. The predicted molar refractivity (Wildman–Crippen MR) is 175 cm³/mol. The fraction of sp³-hybridized carbons (Fsp3) is 0.0556. The van der Waals surface area contributed by atoms with Crippen molar-refractivity contribution in [2.45, 2.75) is 13.8 Å². The van der Waals surface area contributed by atoms with Gasteiger partial charge in [0.25, 0.3) is 0 Å². The zero-order valence-corrected chi connectivity index (χ0v) is 24.4. The van der Waals surface area contributed by atoms with E-state index in [0.29, 0.717) is 11.6 Å². The number of pyridine rings is 5. The third-order valence-electron chi connectivity index (χ3n) is 8.33. The molecule has 0 aliphatic carbocycles. The molecule has 0 fully saturated rings. The lowest BCUT2D eigenvalue weighted by Gasteiger charge is -2.12. The normalized spacial score (nSPS) is 11.8. The van der Waals surface area contributed by atoms with Crippen LogP contribution in [0.15, 0.2) is 110 Å². The van der Waals surface area contributed by atoms with Gasteiger partial charge in [0, 0.05) is 57.8 Å². The van der Waals surface area contributed by atoms with E-state index in [1.807, 2.05) is 65.5 Å². The maximum atomic E-state index is 6.40. The minimum absolute atomic E-state index is 0.431. The lowest BCUT2D eigenvalue weighted by atomic mass is 10.0. The summed E-state index contributed by atoms with van der Waals surface area (Å²) in [5, 5.41) is 13.3. The van der Waals surface area contributed by atoms with Gasteiger partial charge in [0.05, 0.1) is 34.5 Å². The van der Waals surface area contributed by atoms with Crippen molar-refractivity contribution >= 4 is 49.3 Å². The Kier molecular flexibility index (Phi) is 5.42. The molecule has 0 atom stereocenters. The van der Waals surface area contributed by atoms with Gasteiger partial charge in [0.2, 0.25) is 5.88 Å². The second kappa shape index (κ2) is 9.65. The van der Waals surface area contributed by atoms with E-state index in [1.165, 1.54) is 0 Å². The van der Waals surface area contributed by atoms with Gasteiger partial charge in [-0.3, -0.25) is 18.9 Å². The molecule has 7 aromatic heterocycles.